The Morgan fingerprint density at radius 1 is 1.45 bits per heavy atom. The molecule has 0 aliphatic heterocycles. The summed E-state index contributed by atoms with van der Waals surface area (Å²) in [5.74, 6) is -0.691. The number of methoxy groups -OCH3 is 1. The Kier molecular flexibility index (Phi) is 3.94. The number of ether oxygens (including phenoxy) is 1. The first-order chi connectivity index (χ1) is 9.61. The lowest BCUT2D eigenvalue weighted by Gasteiger charge is -2.08. The maximum absolute atomic E-state index is 11.5. The van der Waals surface area contributed by atoms with E-state index in [-0.39, 0.29) is 17.0 Å². The number of carboxylic acids is 1. The molecule has 0 aliphatic rings. The molecule has 0 aromatic carbocycles. The van der Waals surface area contributed by atoms with E-state index in [0.717, 1.165) is 5.56 Å². The minimum absolute atomic E-state index is 0.0272. The lowest BCUT2D eigenvalue weighted by Crippen LogP contribution is -2.14. The first kappa shape index (κ1) is 13.5. The number of hydrogen-bond donors (Lipinski definition) is 3. The predicted molar refractivity (Wildman–Crippen MR) is 69.9 cm³/mol. The van der Waals surface area contributed by atoms with Gasteiger partial charge in [-0.1, -0.05) is 6.07 Å². The number of aromatic carboxylic acids is 1. The van der Waals surface area contributed by atoms with Gasteiger partial charge in [0, 0.05) is 12.7 Å². The molecule has 0 fully saturated rings. The van der Waals surface area contributed by atoms with Crippen LogP contribution in [0.2, 0.25) is 0 Å². The zero-order chi connectivity index (χ0) is 14.5. The molecule has 8 nitrogen and oxygen atoms in total. The van der Waals surface area contributed by atoms with Crippen molar-refractivity contribution in [2.75, 3.05) is 12.4 Å². The Hall–Kier alpha value is -2.90. The second-order valence-electron chi connectivity index (χ2n) is 3.82. The minimum atomic E-state index is -1.08. The molecule has 0 atom stereocenters. The second-order valence-corrected chi connectivity index (χ2v) is 3.82. The molecule has 104 valence electrons. The summed E-state index contributed by atoms with van der Waals surface area (Å²) in [5.41, 5.74) is 0.337. The van der Waals surface area contributed by atoms with Gasteiger partial charge in [-0.2, -0.15) is 0 Å². The fourth-order valence-electron chi connectivity index (χ4n) is 1.54. The lowest BCUT2D eigenvalue weighted by atomic mass is 10.2. The van der Waals surface area contributed by atoms with Gasteiger partial charge in [-0.05, 0) is 11.6 Å². The van der Waals surface area contributed by atoms with Crippen molar-refractivity contribution in [3.8, 4) is 5.75 Å². The molecule has 2 heterocycles. The molecule has 0 amide bonds. The Bertz CT molecular complexity index is 666. The Morgan fingerprint density at radius 2 is 2.25 bits per heavy atom. The highest BCUT2D eigenvalue weighted by Crippen LogP contribution is 2.15. The number of nitrogens with one attached hydrogen (secondary N) is 2. The zero-order valence-electron chi connectivity index (χ0n) is 10.6. The van der Waals surface area contributed by atoms with E-state index in [0.29, 0.717) is 12.4 Å². The number of carboxylic acid groups (broad SMARTS) is 1. The number of hydrogen-bond acceptors (Lipinski definition) is 6. The first-order valence-corrected chi connectivity index (χ1v) is 5.65. The van der Waals surface area contributed by atoms with Crippen LogP contribution in [0.5, 0.6) is 5.75 Å². The van der Waals surface area contributed by atoms with Crippen molar-refractivity contribution in [2.45, 2.75) is 6.54 Å². The summed E-state index contributed by atoms with van der Waals surface area (Å²) in [6.07, 6.45) is 2.70. The third kappa shape index (κ3) is 2.91. The maximum Gasteiger partial charge on any atom is 0.354 e. The summed E-state index contributed by atoms with van der Waals surface area (Å²) in [7, 11) is 1.38. The van der Waals surface area contributed by atoms with Gasteiger partial charge in [-0.15, -0.1) is 0 Å². The molecule has 20 heavy (non-hydrogen) atoms. The van der Waals surface area contributed by atoms with Crippen LogP contribution in [-0.2, 0) is 6.54 Å². The predicted octanol–water partition coefficient (Wildman–Crippen LogP) is 0.484. The van der Waals surface area contributed by atoms with Gasteiger partial charge in [0.05, 0.1) is 13.4 Å². The normalized spacial score (nSPS) is 10.1. The van der Waals surface area contributed by atoms with Crippen LogP contribution in [0.4, 0.5) is 5.82 Å². The highest BCUT2D eigenvalue weighted by molar-refractivity contribution is 5.85. The van der Waals surface area contributed by atoms with E-state index < -0.39 is 5.97 Å². The molecular weight excluding hydrogens is 264 g/mol. The van der Waals surface area contributed by atoms with Crippen LogP contribution in [0.15, 0.2) is 29.5 Å². The molecule has 0 spiro atoms. The molecule has 2 aromatic heterocycles. The number of rotatable bonds is 5. The number of aromatic amines is 1. The third-order valence-corrected chi connectivity index (χ3v) is 2.52. The van der Waals surface area contributed by atoms with Crippen molar-refractivity contribution in [3.05, 3.63) is 46.3 Å². The molecule has 2 aromatic rings. The number of carbonyl (C=O) groups is 1. The number of H-pyrrole nitrogens is 1. The smallest absolute Gasteiger partial charge is 0.354 e. The lowest BCUT2D eigenvalue weighted by molar-refractivity contribution is 0.0690. The van der Waals surface area contributed by atoms with Crippen LogP contribution in [-0.4, -0.2) is 33.1 Å². The molecule has 0 bridgehead atoms. The van der Waals surface area contributed by atoms with E-state index >= 15 is 0 Å². The van der Waals surface area contributed by atoms with E-state index in [4.69, 9.17) is 9.84 Å². The van der Waals surface area contributed by atoms with Crippen LogP contribution in [0.3, 0.4) is 0 Å². The largest absolute Gasteiger partial charge is 0.489 e. The fourth-order valence-corrected chi connectivity index (χ4v) is 1.54. The summed E-state index contributed by atoms with van der Waals surface area (Å²) in [5, 5.41) is 11.7. The summed E-state index contributed by atoms with van der Waals surface area (Å²) in [6, 6.07) is 3.03. The molecule has 0 saturated heterocycles. The van der Waals surface area contributed by atoms with Crippen molar-refractivity contribution < 1.29 is 14.6 Å². The maximum atomic E-state index is 11.5. The second kappa shape index (κ2) is 5.83. The number of anilines is 1. The summed E-state index contributed by atoms with van der Waals surface area (Å²) < 4.78 is 4.95. The van der Waals surface area contributed by atoms with E-state index in [9.17, 15) is 9.59 Å². The molecule has 0 saturated carbocycles. The van der Waals surface area contributed by atoms with Crippen molar-refractivity contribution in [3.63, 3.8) is 0 Å². The molecule has 3 N–H and O–H groups in total. The molecule has 0 aliphatic carbocycles. The van der Waals surface area contributed by atoms with Crippen molar-refractivity contribution in [1.82, 2.24) is 15.0 Å². The van der Waals surface area contributed by atoms with Crippen molar-refractivity contribution in [2.24, 2.45) is 0 Å². The molecule has 0 radical (unpaired) electrons. The van der Waals surface area contributed by atoms with Gasteiger partial charge in [-0.25, -0.2) is 14.8 Å². The molecule has 2 rings (SSSR count). The highest BCUT2D eigenvalue weighted by Gasteiger charge is 2.09. The number of pyridine rings is 1. The Labute approximate surface area is 113 Å². The SMILES string of the molecule is COc1c(NCc2ccc(C(=O)O)nc2)nc[nH]c1=O. The van der Waals surface area contributed by atoms with Gasteiger partial charge in [-0.3, -0.25) is 4.79 Å². The average Bonchev–Trinajstić information content (AvgIpc) is 2.45. The summed E-state index contributed by atoms with van der Waals surface area (Å²) >= 11 is 0. The topological polar surface area (TPSA) is 117 Å². The standard InChI is InChI=1S/C12H12N4O4/c1-20-9-10(15-6-16-11(9)17)14-5-7-2-3-8(12(18)19)13-4-7/h2-4,6H,5H2,1H3,(H,18,19)(H2,14,15,16,17). The third-order valence-electron chi connectivity index (χ3n) is 2.52. The average molecular weight is 276 g/mol. The van der Waals surface area contributed by atoms with Crippen molar-refractivity contribution >= 4 is 11.8 Å². The zero-order valence-corrected chi connectivity index (χ0v) is 10.6. The number of aromatic nitrogens is 3. The number of nitrogens with zero attached hydrogens (tertiary/aromatic N) is 2. The van der Waals surface area contributed by atoms with Crippen LogP contribution >= 0.6 is 0 Å². The van der Waals surface area contributed by atoms with Crippen LogP contribution in [0, 0.1) is 0 Å². The van der Waals surface area contributed by atoms with Gasteiger partial charge in [0.1, 0.15) is 5.69 Å². The molecule has 0 unspecified atom stereocenters. The Morgan fingerprint density at radius 3 is 2.85 bits per heavy atom. The monoisotopic (exact) mass is 276 g/mol. The van der Waals surface area contributed by atoms with Crippen LogP contribution < -0.4 is 15.6 Å². The summed E-state index contributed by atoms with van der Waals surface area (Å²) in [4.78, 5) is 32.3. The van der Waals surface area contributed by atoms with Gasteiger partial charge in [0.2, 0.25) is 5.75 Å². The van der Waals surface area contributed by atoms with E-state index in [2.05, 4.69) is 20.3 Å². The first-order valence-electron chi connectivity index (χ1n) is 5.65. The van der Waals surface area contributed by atoms with Crippen molar-refractivity contribution in [1.29, 1.82) is 0 Å². The Balaban J connectivity index is 2.11. The van der Waals surface area contributed by atoms with E-state index in [1.807, 2.05) is 0 Å². The van der Waals surface area contributed by atoms with E-state index in [1.54, 1.807) is 6.07 Å². The van der Waals surface area contributed by atoms with Crippen LogP contribution in [0.1, 0.15) is 16.1 Å². The van der Waals surface area contributed by atoms with E-state index in [1.165, 1.54) is 25.7 Å². The van der Waals surface area contributed by atoms with Crippen LogP contribution in [0.25, 0.3) is 0 Å². The van der Waals surface area contributed by atoms with Gasteiger partial charge in [0.15, 0.2) is 5.82 Å². The summed E-state index contributed by atoms with van der Waals surface area (Å²) in [6.45, 7) is 0.333. The highest BCUT2D eigenvalue weighted by atomic mass is 16.5. The molecule has 8 heteroatoms. The fraction of sp³-hybridized carbons (Fsp3) is 0.167. The van der Waals surface area contributed by atoms with Gasteiger partial charge >= 0.3 is 5.97 Å². The minimum Gasteiger partial charge on any atom is -0.489 e. The van der Waals surface area contributed by atoms with Gasteiger partial charge in [0.25, 0.3) is 5.56 Å². The molecular formula is C12H12N4O4. The quantitative estimate of drug-likeness (QED) is 0.727. The van der Waals surface area contributed by atoms with Gasteiger partial charge < -0.3 is 20.1 Å².